The highest BCUT2D eigenvalue weighted by Crippen LogP contribution is 2.42. The molecule has 61 heavy (non-hydrogen) atoms. The third kappa shape index (κ3) is 6.06. The van der Waals surface area contributed by atoms with Crippen LogP contribution in [0.4, 0.5) is 0 Å². The third-order valence-electron chi connectivity index (χ3n) is 12.1. The van der Waals surface area contributed by atoms with Crippen molar-refractivity contribution in [1.29, 1.82) is 0 Å². The van der Waals surface area contributed by atoms with Gasteiger partial charge < -0.3 is 4.42 Å². The summed E-state index contributed by atoms with van der Waals surface area (Å²) >= 11 is 0. The zero-order valence-electron chi connectivity index (χ0n) is 33.1. The Labute approximate surface area is 352 Å². The number of rotatable bonds is 6. The van der Waals surface area contributed by atoms with Gasteiger partial charge in [0.2, 0.25) is 0 Å². The van der Waals surface area contributed by atoms with E-state index in [1.54, 1.807) is 0 Å². The number of furan rings is 1. The van der Waals surface area contributed by atoms with Gasteiger partial charge in [-0.05, 0) is 91.2 Å². The fourth-order valence-electron chi connectivity index (χ4n) is 9.02. The summed E-state index contributed by atoms with van der Waals surface area (Å²) in [6, 6.07) is 75.5. The number of nitrogens with zero attached hydrogens (tertiary/aromatic N) is 2. The molecule has 284 valence electrons. The summed E-state index contributed by atoms with van der Waals surface area (Å²) in [7, 11) is 0. The van der Waals surface area contributed by atoms with Crippen molar-refractivity contribution in [1.82, 2.24) is 9.97 Å². The molecule has 0 spiro atoms. The monoisotopic (exact) mass is 776 g/mol. The topological polar surface area (TPSA) is 38.9 Å². The van der Waals surface area contributed by atoms with Crippen LogP contribution in [0.5, 0.6) is 0 Å². The molecular formula is C58H36N2O. The minimum Gasteiger partial charge on any atom is -0.455 e. The van der Waals surface area contributed by atoms with Gasteiger partial charge in [-0.2, -0.15) is 0 Å². The van der Waals surface area contributed by atoms with Gasteiger partial charge in [-0.3, -0.25) is 4.98 Å². The molecule has 0 aliphatic carbocycles. The molecule has 0 aliphatic heterocycles. The Hall–Kier alpha value is -8.14. The van der Waals surface area contributed by atoms with Crippen LogP contribution in [0.15, 0.2) is 223 Å². The van der Waals surface area contributed by atoms with E-state index < -0.39 is 0 Å². The smallest absolute Gasteiger partial charge is 0.143 e. The molecule has 0 saturated heterocycles. The molecular weight excluding hydrogens is 741 g/mol. The van der Waals surface area contributed by atoms with Crippen LogP contribution in [-0.4, -0.2) is 9.97 Å². The van der Waals surface area contributed by atoms with E-state index in [4.69, 9.17) is 14.4 Å². The highest BCUT2D eigenvalue weighted by atomic mass is 16.3. The third-order valence-corrected chi connectivity index (χ3v) is 12.1. The molecule has 12 aromatic rings. The summed E-state index contributed by atoms with van der Waals surface area (Å²) < 4.78 is 6.68. The van der Waals surface area contributed by atoms with Crippen molar-refractivity contribution in [3.05, 3.63) is 219 Å². The Balaban J connectivity index is 0.876. The quantitative estimate of drug-likeness (QED) is 0.158. The Bertz CT molecular complexity index is 3570. The average molecular weight is 777 g/mol. The van der Waals surface area contributed by atoms with Crippen LogP contribution < -0.4 is 0 Å². The molecule has 0 N–H and O–H groups in total. The van der Waals surface area contributed by atoms with Gasteiger partial charge in [0, 0.05) is 32.7 Å². The van der Waals surface area contributed by atoms with Crippen molar-refractivity contribution in [2.75, 3.05) is 0 Å². The summed E-state index contributed by atoms with van der Waals surface area (Å²) in [5.74, 6) is 0. The fourth-order valence-corrected chi connectivity index (χ4v) is 9.02. The number of aromatic nitrogens is 2. The van der Waals surface area contributed by atoms with Gasteiger partial charge in [0.25, 0.3) is 0 Å². The lowest BCUT2D eigenvalue weighted by Gasteiger charge is -2.11. The van der Waals surface area contributed by atoms with Gasteiger partial charge >= 0.3 is 0 Å². The molecule has 0 fully saturated rings. The van der Waals surface area contributed by atoms with E-state index in [9.17, 15) is 0 Å². The van der Waals surface area contributed by atoms with Gasteiger partial charge in [-0.1, -0.05) is 182 Å². The van der Waals surface area contributed by atoms with Crippen molar-refractivity contribution < 1.29 is 4.42 Å². The summed E-state index contributed by atoms with van der Waals surface area (Å²) in [5, 5.41) is 6.87. The van der Waals surface area contributed by atoms with Gasteiger partial charge in [0.1, 0.15) is 11.2 Å². The summed E-state index contributed by atoms with van der Waals surface area (Å²) in [6.07, 6.45) is 1.90. The minimum atomic E-state index is 0.861. The standard InChI is InChI=1S/C58H36N2O/c1-3-12-37(13-4-1)45-30-31-55-52(33-45)53-35-46(38-14-5-2-6-15-38)34-51(58(53)61-55)41-26-22-39(23-27-41)43-16-11-17-44(32-43)40-24-28-42(29-25-40)54-36-59-56-49-20-9-7-18-47(49)48-19-8-10-21-50(48)57(56)60-54/h1-36H. The number of hydrogen-bond acceptors (Lipinski definition) is 3. The number of benzene rings is 10. The van der Waals surface area contributed by atoms with Crippen LogP contribution in [-0.2, 0) is 0 Å². The second kappa shape index (κ2) is 14.3. The zero-order valence-corrected chi connectivity index (χ0v) is 33.1. The van der Waals surface area contributed by atoms with Crippen molar-refractivity contribution in [3.63, 3.8) is 0 Å². The second-order valence-electron chi connectivity index (χ2n) is 15.7. The lowest BCUT2D eigenvalue weighted by atomic mass is 9.93. The summed E-state index contributed by atoms with van der Waals surface area (Å²) in [4.78, 5) is 10.2. The van der Waals surface area contributed by atoms with E-state index in [1.165, 1.54) is 27.5 Å². The normalized spacial score (nSPS) is 11.6. The SMILES string of the molecule is c1ccc(-c2ccc3oc4c(-c5ccc(-c6cccc(-c7ccc(-c8cnc9c%10ccccc%10c%10ccccc%10c9n8)cc7)c6)cc5)cc(-c5ccccc5)cc4c3c2)cc1. The fraction of sp³-hybridized carbons (Fsp3) is 0. The molecule has 0 atom stereocenters. The van der Waals surface area contributed by atoms with Crippen LogP contribution in [0, 0.1) is 0 Å². The first-order valence-corrected chi connectivity index (χ1v) is 20.7. The second-order valence-corrected chi connectivity index (χ2v) is 15.7. The Morgan fingerprint density at radius 1 is 0.295 bits per heavy atom. The largest absolute Gasteiger partial charge is 0.455 e. The molecule has 3 heteroatoms. The van der Waals surface area contributed by atoms with Gasteiger partial charge in [0.05, 0.1) is 22.9 Å². The number of fused-ring (bicyclic) bond motifs is 9. The van der Waals surface area contributed by atoms with Gasteiger partial charge in [-0.25, -0.2) is 4.98 Å². The first kappa shape index (κ1) is 34.9. The highest BCUT2D eigenvalue weighted by Gasteiger charge is 2.17. The molecule has 0 amide bonds. The van der Waals surface area contributed by atoms with Crippen molar-refractivity contribution >= 4 is 54.5 Å². The van der Waals surface area contributed by atoms with Gasteiger partial charge in [0.15, 0.2) is 0 Å². The van der Waals surface area contributed by atoms with E-state index in [0.717, 1.165) is 93.9 Å². The molecule has 10 aromatic carbocycles. The van der Waals surface area contributed by atoms with Gasteiger partial charge in [-0.15, -0.1) is 0 Å². The molecule has 3 nitrogen and oxygen atoms in total. The van der Waals surface area contributed by atoms with Crippen LogP contribution in [0.1, 0.15) is 0 Å². The van der Waals surface area contributed by atoms with Crippen molar-refractivity contribution in [2.45, 2.75) is 0 Å². The molecule has 0 saturated carbocycles. The number of hydrogen-bond donors (Lipinski definition) is 0. The zero-order chi connectivity index (χ0) is 40.3. The van der Waals surface area contributed by atoms with E-state index in [1.807, 2.05) is 6.20 Å². The molecule has 2 aromatic heterocycles. The molecule has 0 unspecified atom stereocenters. The van der Waals surface area contributed by atoms with E-state index in [-0.39, 0.29) is 0 Å². The maximum atomic E-state index is 6.68. The van der Waals surface area contributed by atoms with Crippen LogP contribution in [0.3, 0.4) is 0 Å². The predicted molar refractivity (Wildman–Crippen MR) is 254 cm³/mol. The lowest BCUT2D eigenvalue weighted by molar-refractivity contribution is 0.670. The Morgan fingerprint density at radius 2 is 0.770 bits per heavy atom. The Kier molecular flexibility index (Phi) is 8.17. The summed E-state index contributed by atoms with van der Waals surface area (Å²) in [5.41, 5.74) is 17.0. The average Bonchev–Trinajstić information content (AvgIpc) is 3.72. The highest BCUT2D eigenvalue weighted by molar-refractivity contribution is 6.23. The summed E-state index contributed by atoms with van der Waals surface area (Å²) in [6.45, 7) is 0. The molecule has 0 bridgehead atoms. The van der Waals surface area contributed by atoms with Crippen molar-refractivity contribution in [3.8, 4) is 66.9 Å². The van der Waals surface area contributed by atoms with Crippen LogP contribution >= 0.6 is 0 Å². The first-order chi connectivity index (χ1) is 30.2. The minimum absolute atomic E-state index is 0.861. The first-order valence-electron chi connectivity index (χ1n) is 20.7. The van der Waals surface area contributed by atoms with Crippen LogP contribution in [0.25, 0.3) is 121 Å². The van der Waals surface area contributed by atoms with E-state index >= 15 is 0 Å². The predicted octanol–water partition coefficient (Wildman–Crippen LogP) is 15.8. The van der Waals surface area contributed by atoms with E-state index in [0.29, 0.717) is 0 Å². The molecule has 2 heterocycles. The molecule has 12 rings (SSSR count). The maximum absolute atomic E-state index is 6.68. The maximum Gasteiger partial charge on any atom is 0.143 e. The van der Waals surface area contributed by atoms with E-state index in [2.05, 4.69) is 212 Å². The molecule has 0 radical (unpaired) electrons. The van der Waals surface area contributed by atoms with Crippen molar-refractivity contribution in [2.24, 2.45) is 0 Å². The lowest BCUT2D eigenvalue weighted by Crippen LogP contribution is -1.92. The molecule has 0 aliphatic rings. The Morgan fingerprint density at radius 3 is 1.43 bits per heavy atom. The van der Waals surface area contributed by atoms with Crippen LogP contribution in [0.2, 0.25) is 0 Å².